The van der Waals surface area contributed by atoms with E-state index in [0.29, 0.717) is 47.5 Å². The monoisotopic (exact) mass is 483 g/mol. The van der Waals surface area contributed by atoms with Crippen molar-refractivity contribution in [1.29, 1.82) is 0 Å². The number of amides is 1. The minimum atomic E-state index is -1.14. The van der Waals surface area contributed by atoms with E-state index < -0.39 is 18.0 Å². The summed E-state index contributed by atoms with van der Waals surface area (Å²) in [5, 5.41) is 33.6. The Kier molecular flexibility index (Phi) is 7.97. The number of hydrogen-bond donors (Lipinski definition) is 7. The Bertz CT molecular complexity index is 1080. The molecule has 0 aromatic heterocycles. The molecule has 7 N–H and O–H groups in total. The second-order valence-corrected chi connectivity index (χ2v) is 7.98. The fraction of sp³-hybridized carbons (Fsp3) is 0.304. The van der Waals surface area contributed by atoms with Gasteiger partial charge in [0, 0.05) is 37.9 Å². The summed E-state index contributed by atoms with van der Waals surface area (Å²) in [6, 6.07) is 5.93. The molecule has 35 heavy (non-hydrogen) atoms. The standard InChI is InChI=1S/C23H29N7O5/c1-13(27-18(22(34)35)8-9-19(32)33)15-4-6-16(7-5-15)25-10-17-11-26-21-20(30(17)12-31)14(2)28-23(24-3)29-21/h4-7,12,17-18,25-27H,1-2,8-11H2,3H3,(H,32,33)(H,34,35)(H2,24,28,29)/t17?,18-/m0/s1. The molecule has 1 unspecified atom stereocenters. The lowest BCUT2D eigenvalue weighted by molar-refractivity contribution is -0.140. The Morgan fingerprint density at radius 2 is 2.00 bits per heavy atom. The number of carbonyl (C=O) groups is 3. The summed E-state index contributed by atoms with van der Waals surface area (Å²) in [5.41, 5.74) is 3.03. The summed E-state index contributed by atoms with van der Waals surface area (Å²) in [6.45, 7) is 8.83. The van der Waals surface area contributed by atoms with Crippen molar-refractivity contribution in [2.24, 2.45) is 4.99 Å². The average Bonchev–Trinajstić information content (AvgIpc) is 2.84. The number of nitrogens with one attached hydrogen (secondary N) is 5. The predicted molar refractivity (Wildman–Crippen MR) is 131 cm³/mol. The van der Waals surface area contributed by atoms with Gasteiger partial charge in [-0.15, -0.1) is 0 Å². The Morgan fingerprint density at radius 1 is 1.29 bits per heavy atom. The number of rotatable bonds is 11. The predicted octanol–water partition coefficient (Wildman–Crippen LogP) is 0.268. The number of anilines is 1. The second kappa shape index (κ2) is 11.1. The Labute approximate surface area is 202 Å². The van der Waals surface area contributed by atoms with E-state index in [9.17, 15) is 19.5 Å². The number of carboxylic acid groups (broad SMARTS) is 2. The summed E-state index contributed by atoms with van der Waals surface area (Å²) < 4.78 is 0. The topological polar surface area (TPSA) is 167 Å². The van der Waals surface area contributed by atoms with Crippen molar-refractivity contribution in [3.63, 3.8) is 0 Å². The van der Waals surface area contributed by atoms with Gasteiger partial charge in [-0.2, -0.15) is 0 Å². The highest BCUT2D eigenvalue weighted by Gasteiger charge is 2.33. The number of benzene rings is 1. The van der Waals surface area contributed by atoms with E-state index >= 15 is 0 Å². The van der Waals surface area contributed by atoms with Crippen molar-refractivity contribution in [2.45, 2.75) is 24.9 Å². The molecule has 2 atom stereocenters. The number of hydrogen-bond acceptors (Lipinski definition) is 7. The number of carbonyl (C=O) groups excluding carboxylic acids is 1. The van der Waals surface area contributed by atoms with Crippen molar-refractivity contribution >= 4 is 35.7 Å². The van der Waals surface area contributed by atoms with Crippen LogP contribution in [-0.2, 0) is 14.4 Å². The summed E-state index contributed by atoms with van der Waals surface area (Å²) in [5.74, 6) is -1.01. The molecule has 186 valence electrons. The van der Waals surface area contributed by atoms with Gasteiger partial charge in [0.05, 0.1) is 11.7 Å². The molecule has 0 fully saturated rings. The van der Waals surface area contributed by atoms with Crippen molar-refractivity contribution < 1.29 is 24.6 Å². The summed E-state index contributed by atoms with van der Waals surface area (Å²) in [6.07, 6.45) is 0.445. The normalized spacial score (nSPS) is 19.0. The highest BCUT2D eigenvalue weighted by Crippen LogP contribution is 2.23. The van der Waals surface area contributed by atoms with Gasteiger partial charge in [0.2, 0.25) is 12.4 Å². The number of aliphatic carboxylic acids is 2. The maximum absolute atomic E-state index is 11.9. The van der Waals surface area contributed by atoms with E-state index in [1.165, 1.54) is 0 Å². The van der Waals surface area contributed by atoms with Crippen molar-refractivity contribution in [3.05, 3.63) is 60.2 Å². The second-order valence-electron chi connectivity index (χ2n) is 7.98. The lowest BCUT2D eigenvalue weighted by Crippen LogP contribution is -2.58. The SMILES string of the molecule is C=C1NC(=NC)NC2=C1N(C=O)C(CNc1ccc(C(=C)N[C@@H](CCC(=O)O)C(=O)O)cc1)CN2. The van der Waals surface area contributed by atoms with Crippen LogP contribution in [0.1, 0.15) is 18.4 Å². The first-order chi connectivity index (χ1) is 16.7. The Balaban J connectivity index is 1.60. The average molecular weight is 484 g/mol. The zero-order valence-electron chi connectivity index (χ0n) is 19.3. The van der Waals surface area contributed by atoms with E-state index in [0.717, 1.165) is 12.1 Å². The van der Waals surface area contributed by atoms with Crippen LogP contribution in [0.25, 0.3) is 5.70 Å². The lowest BCUT2D eigenvalue weighted by atomic mass is 10.1. The molecule has 1 aromatic rings. The number of carboxylic acids is 2. The third-order valence-electron chi connectivity index (χ3n) is 5.61. The van der Waals surface area contributed by atoms with Crippen LogP contribution >= 0.6 is 0 Å². The van der Waals surface area contributed by atoms with Crippen molar-refractivity contribution in [2.75, 3.05) is 25.5 Å². The van der Waals surface area contributed by atoms with Gasteiger partial charge in [0.25, 0.3) is 0 Å². The van der Waals surface area contributed by atoms with Gasteiger partial charge in [-0.25, -0.2) is 4.79 Å². The summed E-state index contributed by atoms with van der Waals surface area (Å²) in [4.78, 5) is 39.7. The van der Waals surface area contributed by atoms with Gasteiger partial charge >= 0.3 is 11.9 Å². The molecule has 12 nitrogen and oxygen atoms in total. The van der Waals surface area contributed by atoms with Crippen LogP contribution in [0, 0.1) is 0 Å². The molecule has 1 amide bonds. The van der Waals surface area contributed by atoms with E-state index in [4.69, 9.17) is 5.11 Å². The molecule has 1 aromatic carbocycles. The van der Waals surface area contributed by atoms with E-state index in [2.05, 4.69) is 44.7 Å². The van der Waals surface area contributed by atoms with Crippen molar-refractivity contribution in [3.8, 4) is 0 Å². The van der Waals surface area contributed by atoms with Crippen LogP contribution in [0.2, 0.25) is 0 Å². The van der Waals surface area contributed by atoms with Crippen LogP contribution in [-0.4, -0.2) is 71.6 Å². The molecule has 0 bridgehead atoms. The minimum absolute atomic E-state index is 0.0614. The molecule has 0 spiro atoms. The van der Waals surface area contributed by atoms with E-state index in [1.54, 1.807) is 24.1 Å². The zero-order chi connectivity index (χ0) is 25.5. The van der Waals surface area contributed by atoms with Gasteiger partial charge in [-0.3, -0.25) is 14.6 Å². The third-order valence-corrected chi connectivity index (χ3v) is 5.61. The largest absolute Gasteiger partial charge is 0.481 e. The molecular weight excluding hydrogens is 454 g/mol. The molecule has 2 aliphatic rings. The van der Waals surface area contributed by atoms with Crippen molar-refractivity contribution in [1.82, 2.24) is 26.2 Å². The van der Waals surface area contributed by atoms with Crippen LogP contribution in [0.4, 0.5) is 5.69 Å². The van der Waals surface area contributed by atoms with Gasteiger partial charge in [-0.05, 0) is 24.1 Å². The third kappa shape index (κ3) is 6.10. The minimum Gasteiger partial charge on any atom is -0.481 e. The molecule has 0 radical (unpaired) electrons. The molecule has 0 saturated heterocycles. The smallest absolute Gasteiger partial charge is 0.326 e. The number of aliphatic imine (C=N–C) groups is 1. The molecule has 2 aliphatic heterocycles. The summed E-state index contributed by atoms with van der Waals surface area (Å²) >= 11 is 0. The van der Waals surface area contributed by atoms with Crippen LogP contribution in [0.3, 0.4) is 0 Å². The first-order valence-corrected chi connectivity index (χ1v) is 10.9. The van der Waals surface area contributed by atoms with Crippen LogP contribution < -0.4 is 26.6 Å². The highest BCUT2D eigenvalue weighted by atomic mass is 16.4. The molecular formula is C23H29N7O5. The fourth-order valence-electron chi connectivity index (χ4n) is 3.74. The molecule has 0 aliphatic carbocycles. The Hall–Kier alpha value is -4.48. The molecule has 2 heterocycles. The zero-order valence-corrected chi connectivity index (χ0v) is 19.3. The number of nitrogens with zero attached hydrogens (tertiary/aromatic N) is 2. The van der Waals surface area contributed by atoms with Gasteiger partial charge in [-0.1, -0.05) is 25.3 Å². The van der Waals surface area contributed by atoms with Crippen LogP contribution in [0.5, 0.6) is 0 Å². The van der Waals surface area contributed by atoms with Gasteiger partial charge in [0.1, 0.15) is 17.6 Å². The highest BCUT2D eigenvalue weighted by molar-refractivity contribution is 5.86. The van der Waals surface area contributed by atoms with E-state index in [-0.39, 0.29) is 18.9 Å². The maximum atomic E-state index is 11.9. The first-order valence-electron chi connectivity index (χ1n) is 10.9. The quantitative estimate of drug-likeness (QED) is 0.217. The maximum Gasteiger partial charge on any atom is 0.326 e. The number of guanidine groups is 1. The molecule has 3 rings (SSSR count). The van der Waals surface area contributed by atoms with Crippen LogP contribution in [0.15, 0.2) is 59.6 Å². The first kappa shape index (κ1) is 25.1. The van der Waals surface area contributed by atoms with Gasteiger partial charge < -0.3 is 41.7 Å². The lowest BCUT2D eigenvalue weighted by Gasteiger charge is -2.40. The fourth-order valence-corrected chi connectivity index (χ4v) is 3.74. The van der Waals surface area contributed by atoms with E-state index in [1.807, 2.05) is 12.1 Å². The van der Waals surface area contributed by atoms with Gasteiger partial charge in [0.15, 0.2) is 0 Å². The molecule has 0 saturated carbocycles. The summed E-state index contributed by atoms with van der Waals surface area (Å²) in [7, 11) is 1.64. The Morgan fingerprint density at radius 3 is 2.60 bits per heavy atom. The molecule has 12 heteroatoms.